The molecule has 0 spiro atoms. The normalized spacial score (nSPS) is 11.9. The molecule has 0 fully saturated rings. The third-order valence-corrected chi connectivity index (χ3v) is 4.19. The molecule has 0 saturated heterocycles. The van der Waals surface area contributed by atoms with Gasteiger partial charge in [-0.05, 0) is 41.2 Å². The molecule has 132 valence electrons. The zero-order valence-electron chi connectivity index (χ0n) is 14.7. The van der Waals surface area contributed by atoms with Gasteiger partial charge >= 0.3 is 0 Å². The van der Waals surface area contributed by atoms with Crippen LogP contribution in [0.1, 0.15) is 36.7 Å². The number of benzene rings is 2. The molecule has 5 nitrogen and oxygen atoms in total. The molecule has 2 aromatic carbocycles. The van der Waals surface area contributed by atoms with Crippen LogP contribution in [0.5, 0.6) is 0 Å². The lowest BCUT2D eigenvalue weighted by atomic mass is 10.0. The van der Waals surface area contributed by atoms with Crippen LogP contribution in [0.3, 0.4) is 0 Å². The van der Waals surface area contributed by atoms with Gasteiger partial charge in [-0.1, -0.05) is 57.2 Å². The molecule has 0 aliphatic rings. The van der Waals surface area contributed by atoms with Crippen molar-refractivity contribution >= 4 is 11.8 Å². The van der Waals surface area contributed by atoms with Gasteiger partial charge in [-0.2, -0.15) is 0 Å². The molecule has 2 aromatic rings. The van der Waals surface area contributed by atoms with E-state index in [1.165, 1.54) is 5.56 Å². The minimum absolute atomic E-state index is 0.146. The molecule has 0 aliphatic carbocycles. The highest BCUT2D eigenvalue weighted by atomic mass is 16.5. The Morgan fingerprint density at radius 3 is 1.92 bits per heavy atom. The summed E-state index contributed by atoms with van der Waals surface area (Å²) in [7, 11) is 0. The number of carbonyl (C=O) groups excluding carboxylic acids is 2. The number of amides is 2. The van der Waals surface area contributed by atoms with Gasteiger partial charge < -0.3 is 5.32 Å². The summed E-state index contributed by atoms with van der Waals surface area (Å²) >= 11 is 0. The number of hydrogen-bond donors (Lipinski definition) is 3. The first kappa shape index (κ1) is 18.7. The predicted molar refractivity (Wildman–Crippen MR) is 97.3 cm³/mol. The summed E-state index contributed by atoms with van der Waals surface area (Å²) in [6.07, 6.45) is 0.998. The molecule has 0 aromatic heterocycles. The van der Waals surface area contributed by atoms with E-state index in [0.717, 1.165) is 17.5 Å². The lowest BCUT2D eigenvalue weighted by Crippen LogP contribution is -2.48. The predicted octanol–water partition coefficient (Wildman–Crippen LogP) is 3.18. The second-order valence-electron chi connectivity index (χ2n) is 6.30. The van der Waals surface area contributed by atoms with Crippen LogP contribution in [0.15, 0.2) is 48.5 Å². The Kier molecular flexibility index (Phi) is 6.31. The fourth-order valence-corrected chi connectivity index (χ4v) is 2.58. The SMILES string of the molecule is CCc1ccc(-c2ccc(C(=O)N[C@H](C(=O)NO)C(C)C)cc2)cc1. The molecular formula is C20H24N2O3. The van der Waals surface area contributed by atoms with Crippen LogP contribution in [-0.2, 0) is 11.2 Å². The van der Waals surface area contributed by atoms with E-state index in [4.69, 9.17) is 5.21 Å². The maximum absolute atomic E-state index is 12.3. The van der Waals surface area contributed by atoms with Gasteiger partial charge in [0.1, 0.15) is 6.04 Å². The summed E-state index contributed by atoms with van der Waals surface area (Å²) in [5.74, 6) is -1.13. The van der Waals surface area contributed by atoms with E-state index in [-0.39, 0.29) is 11.8 Å². The van der Waals surface area contributed by atoms with Crippen LogP contribution in [0, 0.1) is 5.92 Å². The molecular weight excluding hydrogens is 316 g/mol. The maximum atomic E-state index is 12.3. The number of hydrogen-bond acceptors (Lipinski definition) is 3. The monoisotopic (exact) mass is 340 g/mol. The molecule has 0 heterocycles. The van der Waals surface area contributed by atoms with Crippen LogP contribution in [0.4, 0.5) is 0 Å². The third kappa shape index (κ3) is 4.67. The first-order valence-corrected chi connectivity index (χ1v) is 8.40. The smallest absolute Gasteiger partial charge is 0.266 e. The molecule has 0 saturated carbocycles. The van der Waals surface area contributed by atoms with E-state index in [9.17, 15) is 9.59 Å². The van der Waals surface area contributed by atoms with Crippen LogP contribution in [-0.4, -0.2) is 23.1 Å². The van der Waals surface area contributed by atoms with Gasteiger partial charge in [0.2, 0.25) is 0 Å². The van der Waals surface area contributed by atoms with Crippen molar-refractivity contribution in [3.63, 3.8) is 0 Å². The van der Waals surface area contributed by atoms with Gasteiger partial charge in [0.05, 0.1) is 0 Å². The van der Waals surface area contributed by atoms with Crippen molar-refractivity contribution in [2.24, 2.45) is 5.92 Å². The topological polar surface area (TPSA) is 78.4 Å². The summed E-state index contributed by atoms with van der Waals surface area (Å²) in [6.45, 7) is 5.70. The van der Waals surface area contributed by atoms with Crippen LogP contribution in [0.2, 0.25) is 0 Å². The van der Waals surface area contributed by atoms with Crippen molar-refractivity contribution in [2.75, 3.05) is 0 Å². The highest BCUT2D eigenvalue weighted by molar-refractivity contribution is 5.97. The van der Waals surface area contributed by atoms with E-state index in [1.54, 1.807) is 31.5 Å². The van der Waals surface area contributed by atoms with Gasteiger partial charge in [-0.25, -0.2) is 5.48 Å². The standard InChI is InChI=1S/C20H24N2O3/c1-4-14-5-7-15(8-6-14)16-9-11-17(12-10-16)19(23)21-18(13(2)3)20(24)22-25/h5-13,18,25H,4H2,1-3H3,(H,21,23)(H,22,24)/t18-/m0/s1. The summed E-state index contributed by atoms with van der Waals surface area (Å²) in [5, 5.41) is 11.4. The summed E-state index contributed by atoms with van der Waals surface area (Å²) in [4.78, 5) is 24.0. The Balaban J connectivity index is 2.12. The molecule has 5 heteroatoms. The number of hydroxylamine groups is 1. The zero-order chi connectivity index (χ0) is 18.4. The van der Waals surface area contributed by atoms with Gasteiger partial charge in [0.15, 0.2) is 0 Å². The Morgan fingerprint density at radius 1 is 0.960 bits per heavy atom. The van der Waals surface area contributed by atoms with Gasteiger partial charge in [-0.15, -0.1) is 0 Å². The molecule has 2 amide bonds. The van der Waals surface area contributed by atoms with E-state index < -0.39 is 11.9 Å². The van der Waals surface area contributed by atoms with Crippen molar-refractivity contribution in [1.29, 1.82) is 0 Å². The van der Waals surface area contributed by atoms with Crippen molar-refractivity contribution in [1.82, 2.24) is 10.8 Å². The second kappa shape index (κ2) is 8.44. The number of rotatable bonds is 6. The van der Waals surface area contributed by atoms with Gasteiger partial charge in [0.25, 0.3) is 11.8 Å². The molecule has 0 radical (unpaired) electrons. The third-order valence-electron chi connectivity index (χ3n) is 4.19. The maximum Gasteiger partial charge on any atom is 0.266 e. The van der Waals surface area contributed by atoms with Crippen LogP contribution >= 0.6 is 0 Å². The van der Waals surface area contributed by atoms with Gasteiger partial charge in [0, 0.05) is 5.56 Å². The minimum atomic E-state index is -0.793. The minimum Gasteiger partial charge on any atom is -0.340 e. The molecule has 1 atom stereocenters. The van der Waals surface area contributed by atoms with Crippen molar-refractivity contribution in [3.05, 3.63) is 59.7 Å². The quantitative estimate of drug-likeness (QED) is 0.558. The summed E-state index contributed by atoms with van der Waals surface area (Å²) in [6, 6.07) is 14.7. The largest absolute Gasteiger partial charge is 0.340 e. The fraction of sp³-hybridized carbons (Fsp3) is 0.300. The van der Waals surface area contributed by atoms with Gasteiger partial charge in [-0.3, -0.25) is 14.8 Å². The highest BCUT2D eigenvalue weighted by Crippen LogP contribution is 2.20. The Morgan fingerprint density at radius 2 is 1.48 bits per heavy atom. The van der Waals surface area contributed by atoms with Crippen LogP contribution in [0.25, 0.3) is 11.1 Å². The van der Waals surface area contributed by atoms with E-state index in [2.05, 4.69) is 36.5 Å². The Labute approximate surface area is 148 Å². The molecule has 25 heavy (non-hydrogen) atoms. The highest BCUT2D eigenvalue weighted by Gasteiger charge is 2.24. The van der Waals surface area contributed by atoms with Crippen molar-refractivity contribution < 1.29 is 14.8 Å². The molecule has 0 bridgehead atoms. The molecule has 0 unspecified atom stereocenters. The number of nitrogens with one attached hydrogen (secondary N) is 2. The van der Waals surface area contributed by atoms with Crippen molar-refractivity contribution in [2.45, 2.75) is 33.2 Å². The average Bonchev–Trinajstić information content (AvgIpc) is 2.65. The molecule has 0 aliphatic heterocycles. The number of carbonyl (C=O) groups is 2. The first-order valence-electron chi connectivity index (χ1n) is 8.40. The van der Waals surface area contributed by atoms with E-state index in [0.29, 0.717) is 5.56 Å². The number of aryl methyl sites for hydroxylation is 1. The zero-order valence-corrected chi connectivity index (χ0v) is 14.7. The molecule has 3 N–H and O–H groups in total. The lowest BCUT2D eigenvalue weighted by Gasteiger charge is -2.20. The molecule has 2 rings (SSSR count). The summed E-state index contributed by atoms with van der Waals surface area (Å²) < 4.78 is 0. The first-order chi connectivity index (χ1) is 12.0. The van der Waals surface area contributed by atoms with Crippen LogP contribution < -0.4 is 10.8 Å². The lowest BCUT2D eigenvalue weighted by molar-refractivity contribution is -0.132. The second-order valence-corrected chi connectivity index (χ2v) is 6.30. The Hall–Kier alpha value is -2.66. The fourth-order valence-electron chi connectivity index (χ4n) is 2.58. The Bertz CT molecular complexity index is 722. The van der Waals surface area contributed by atoms with E-state index in [1.807, 2.05) is 12.1 Å². The van der Waals surface area contributed by atoms with Crippen molar-refractivity contribution in [3.8, 4) is 11.1 Å². The summed E-state index contributed by atoms with van der Waals surface area (Å²) in [5.41, 5.74) is 5.44. The van der Waals surface area contributed by atoms with E-state index >= 15 is 0 Å². The average molecular weight is 340 g/mol.